The first kappa shape index (κ1) is 17.5. The third-order valence-corrected chi connectivity index (χ3v) is 5.56. The molecule has 3 aromatic rings. The van der Waals surface area contributed by atoms with Crippen LogP contribution in [0.2, 0.25) is 0 Å². The van der Waals surface area contributed by atoms with Crippen molar-refractivity contribution in [2.75, 3.05) is 0 Å². The van der Waals surface area contributed by atoms with Crippen LogP contribution in [0.5, 0.6) is 0 Å². The summed E-state index contributed by atoms with van der Waals surface area (Å²) in [6.07, 6.45) is 0. The highest BCUT2D eigenvalue weighted by Gasteiger charge is 2.19. The molecule has 1 aromatic heterocycles. The largest absolute Gasteiger partial charge is 0.460 e. The molecule has 0 saturated carbocycles. The molecule has 130 valence electrons. The van der Waals surface area contributed by atoms with E-state index in [1.165, 1.54) is 16.7 Å². The normalized spacial score (nSPS) is 11.5. The fraction of sp³-hybridized carbons (Fsp3) is 0.348. The Morgan fingerprint density at radius 1 is 0.800 bits per heavy atom. The summed E-state index contributed by atoms with van der Waals surface area (Å²) in [7, 11) is 0. The first-order valence-corrected chi connectivity index (χ1v) is 8.88. The van der Waals surface area contributed by atoms with Gasteiger partial charge in [0.25, 0.3) is 0 Å². The fourth-order valence-corrected chi connectivity index (χ4v) is 3.54. The van der Waals surface area contributed by atoms with Crippen molar-refractivity contribution in [3.63, 3.8) is 0 Å². The molecule has 0 fully saturated rings. The number of benzene rings is 2. The summed E-state index contributed by atoms with van der Waals surface area (Å²) in [5, 5.41) is 0.717. The maximum absolute atomic E-state index is 13.3. The highest BCUT2D eigenvalue weighted by atomic mass is 16.3. The van der Waals surface area contributed by atoms with Crippen molar-refractivity contribution in [2.45, 2.75) is 54.4 Å². The molecule has 0 aliphatic heterocycles. The standard InChI is InChI=1S/C23H26O2/c1-12(2)18-8-10-19(11-9-18)21-17(7)25-23-16(6)14(4)13(3)15(5)20(23)22(21)24/h8-12H,1-7H3. The number of fused-ring (bicyclic) bond motifs is 1. The van der Waals surface area contributed by atoms with Crippen LogP contribution >= 0.6 is 0 Å². The predicted octanol–water partition coefficient (Wildman–Crippen LogP) is 6.13. The van der Waals surface area contributed by atoms with Crippen LogP contribution in [0.15, 0.2) is 33.5 Å². The predicted molar refractivity (Wildman–Crippen MR) is 106 cm³/mol. The van der Waals surface area contributed by atoms with Crippen LogP contribution in [0.4, 0.5) is 0 Å². The molecule has 1 heterocycles. The molecule has 0 amide bonds. The van der Waals surface area contributed by atoms with Crippen LogP contribution in [0, 0.1) is 34.6 Å². The summed E-state index contributed by atoms with van der Waals surface area (Å²) in [5.41, 5.74) is 8.10. The van der Waals surface area contributed by atoms with E-state index in [1.807, 2.05) is 32.9 Å². The van der Waals surface area contributed by atoms with Crippen molar-refractivity contribution in [3.8, 4) is 11.1 Å². The van der Waals surface area contributed by atoms with Gasteiger partial charge in [0.1, 0.15) is 11.3 Å². The Balaban J connectivity index is 2.36. The van der Waals surface area contributed by atoms with Crippen molar-refractivity contribution >= 4 is 11.0 Å². The van der Waals surface area contributed by atoms with E-state index < -0.39 is 0 Å². The SMILES string of the molecule is Cc1oc2c(C)c(C)c(C)c(C)c2c(=O)c1-c1ccc(C(C)C)cc1. The van der Waals surface area contributed by atoms with Gasteiger partial charge in [-0.15, -0.1) is 0 Å². The number of rotatable bonds is 2. The zero-order valence-corrected chi connectivity index (χ0v) is 16.2. The summed E-state index contributed by atoms with van der Waals surface area (Å²) in [6.45, 7) is 14.4. The Morgan fingerprint density at radius 2 is 1.36 bits per heavy atom. The molecule has 0 aliphatic carbocycles. The molecule has 2 nitrogen and oxygen atoms in total. The molecule has 0 N–H and O–H groups in total. The van der Waals surface area contributed by atoms with Gasteiger partial charge in [-0.25, -0.2) is 0 Å². The van der Waals surface area contributed by atoms with Crippen LogP contribution in [-0.2, 0) is 0 Å². The second-order valence-electron chi connectivity index (χ2n) is 7.34. The van der Waals surface area contributed by atoms with Crippen LogP contribution in [-0.4, -0.2) is 0 Å². The van der Waals surface area contributed by atoms with E-state index in [-0.39, 0.29) is 5.43 Å². The lowest BCUT2D eigenvalue weighted by atomic mass is 9.92. The molecule has 3 rings (SSSR count). The topological polar surface area (TPSA) is 30.2 Å². The van der Waals surface area contributed by atoms with E-state index in [4.69, 9.17) is 4.42 Å². The summed E-state index contributed by atoms with van der Waals surface area (Å²) >= 11 is 0. The van der Waals surface area contributed by atoms with Gasteiger partial charge in [-0.2, -0.15) is 0 Å². The van der Waals surface area contributed by atoms with Gasteiger partial charge in [-0.3, -0.25) is 4.79 Å². The Bertz CT molecular complexity index is 1020. The molecule has 0 saturated heterocycles. The van der Waals surface area contributed by atoms with Gasteiger partial charge < -0.3 is 4.42 Å². The van der Waals surface area contributed by atoms with Gasteiger partial charge in [-0.1, -0.05) is 38.1 Å². The lowest BCUT2D eigenvalue weighted by molar-refractivity contribution is 0.564. The molecule has 25 heavy (non-hydrogen) atoms. The van der Waals surface area contributed by atoms with Gasteiger partial charge >= 0.3 is 0 Å². The van der Waals surface area contributed by atoms with Gasteiger partial charge in [0.05, 0.1) is 10.9 Å². The summed E-state index contributed by atoms with van der Waals surface area (Å²) in [5.74, 6) is 1.15. The lowest BCUT2D eigenvalue weighted by Crippen LogP contribution is -2.11. The monoisotopic (exact) mass is 334 g/mol. The third-order valence-electron chi connectivity index (χ3n) is 5.56. The average Bonchev–Trinajstić information content (AvgIpc) is 2.58. The smallest absolute Gasteiger partial charge is 0.201 e. The van der Waals surface area contributed by atoms with E-state index in [2.05, 4.69) is 39.8 Å². The Hall–Kier alpha value is -2.35. The summed E-state index contributed by atoms with van der Waals surface area (Å²) < 4.78 is 6.15. The summed E-state index contributed by atoms with van der Waals surface area (Å²) in [4.78, 5) is 13.3. The zero-order valence-electron chi connectivity index (χ0n) is 16.2. The van der Waals surface area contributed by atoms with Gasteiger partial charge in [-0.05, 0) is 73.9 Å². The minimum absolute atomic E-state index is 0.0692. The molecular formula is C23H26O2. The Labute approximate surface area is 149 Å². The number of hydrogen-bond acceptors (Lipinski definition) is 2. The first-order chi connectivity index (χ1) is 11.7. The molecule has 0 spiro atoms. The van der Waals surface area contributed by atoms with E-state index in [0.717, 1.165) is 22.3 Å². The van der Waals surface area contributed by atoms with Crippen molar-refractivity contribution in [2.24, 2.45) is 0 Å². The van der Waals surface area contributed by atoms with E-state index in [9.17, 15) is 4.79 Å². The molecule has 0 radical (unpaired) electrons. The Kier molecular flexibility index (Phi) is 4.32. The lowest BCUT2D eigenvalue weighted by Gasteiger charge is -2.15. The second kappa shape index (κ2) is 6.18. The summed E-state index contributed by atoms with van der Waals surface area (Å²) in [6, 6.07) is 8.26. The van der Waals surface area contributed by atoms with Crippen LogP contribution in [0.25, 0.3) is 22.1 Å². The molecule has 0 bridgehead atoms. The van der Waals surface area contributed by atoms with Crippen molar-refractivity contribution < 1.29 is 4.42 Å². The molecule has 0 aliphatic rings. The van der Waals surface area contributed by atoms with E-state index in [1.54, 1.807) is 0 Å². The molecule has 2 aromatic carbocycles. The number of hydrogen-bond donors (Lipinski definition) is 0. The van der Waals surface area contributed by atoms with Crippen molar-refractivity contribution in [1.29, 1.82) is 0 Å². The molecule has 0 atom stereocenters. The maximum atomic E-state index is 13.3. The van der Waals surface area contributed by atoms with Crippen molar-refractivity contribution in [3.05, 3.63) is 68.1 Å². The molecule has 0 unspecified atom stereocenters. The van der Waals surface area contributed by atoms with E-state index in [0.29, 0.717) is 22.6 Å². The van der Waals surface area contributed by atoms with Gasteiger partial charge in [0, 0.05) is 0 Å². The third kappa shape index (κ3) is 2.70. The van der Waals surface area contributed by atoms with Crippen LogP contribution < -0.4 is 5.43 Å². The minimum atomic E-state index is 0.0692. The number of aryl methyl sites for hydroxylation is 3. The van der Waals surface area contributed by atoms with Crippen molar-refractivity contribution in [1.82, 2.24) is 0 Å². The first-order valence-electron chi connectivity index (χ1n) is 8.88. The van der Waals surface area contributed by atoms with E-state index >= 15 is 0 Å². The second-order valence-corrected chi connectivity index (χ2v) is 7.34. The van der Waals surface area contributed by atoms with Crippen LogP contribution in [0.3, 0.4) is 0 Å². The minimum Gasteiger partial charge on any atom is -0.460 e. The van der Waals surface area contributed by atoms with Gasteiger partial charge in [0.2, 0.25) is 5.43 Å². The maximum Gasteiger partial charge on any atom is 0.201 e. The van der Waals surface area contributed by atoms with Gasteiger partial charge in [0.15, 0.2) is 0 Å². The Morgan fingerprint density at radius 3 is 1.92 bits per heavy atom. The quantitative estimate of drug-likeness (QED) is 0.564. The highest BCUT2D eigenvalue weighted by molar-refractivity contribution is 5.89. The highest BCUT2D eigenvalue weighted by Crippen LogP contribution is 2.31. The molecule has 2 heteroatoms. The van der Waals surface area contributed by atoms with Crippen LogP contribution in [0.1, 0.15) is 53.3 Å². The molecular weight excluding hydrogens is 308 g/mol. The zero-order chi connectivity index (χ0) is 18.5. The fourth-order valence-electron chi connectivity index (χ4n) is 3.54. The average molecular weight is 334 g/mol.